The zero-order valence-electron chi connectivity index (χ0n) is 29.8. The van der Waals surface area contributed by atoms with E-state index >= 15 is 0 Å². The van der Waals surface area contributed by atoms with E-state index in [2.05, 4.69) is 161 Å². The van der Waals surface area contributed by atoms with Gasteiger partial charge in [-0.15, -0.1) is 12.1 Å². The minimum Gasteiger partial charge on any atom is -0.509 e. The van der Waals surface area contributed by atoms with Gasteiger partial charge in [0.05, 0.1) is 16.5 Å². The average molecular weight is 888 g/mol. The molecular weight excluding hydrogens is 856 g/mol. The Morgan fingerprint density at radius 2 is 0.982 bits per heavy atom. The first-order valence-electron chi connectivity index (χ1n) is 17.9. The van der Waals surface area contributed by atoms with Crippen LogP contribution in [0.1, 0.15) is 0 Å². The first kappa shape index (κ1) is 34.1. The van der Waals surface area contributed by atoms with Crippen LogP contribution in [0.2, 0.25) is 0 Å². The number of hydrogen-bond acceptors (Lipinski definition) is 1. The molecule has 0 unspecified atom stereocenters. The second-order valence-electron chi connectivity index (χ2n) is 13.2. The van der Waals surface area contributed by atoms with Gasteiger partial charge in [0.1, 0.15) is 11.4 Å². The van der Waals surface area contributed by atoms with E-state index < -0.39 is 0 Å². The Morgan fingerprint density at radius 3 is 1.64 bits per heavy atom. The van der Waals surface area contributed by atoms with E-state index in [9.17, 15) is 0 Å². The van der Waals surface area contributed by atoms with Crippen molar-refractivity contribution < 1.29 is 30.4 Å². The van der Waals surface area contributed by atoms with Crippen LogP contribution in [0, 0.1) is 12.1 Å². The van der Waals surface area contributed by atoms with E-state index in [1.807, 2.05) is 64.7 Å². The molecule has 2 aliphatic rings. The molecule has 0 saturated carbocycles. The Kier molecular flexibility index (Phi) is 8.83. The molecule has 0 saturated heterocycles. The number of ether oxygens (including phenoxy) is 1. The van der Waals surface area contributed by atoms with Gasteiger partial charge in [0, 0.05) is 29.7 Å². The second-order valence-corrected chi connectivity index (χ2v) is 13.2. The number of benzene rings is 8. The van der Waals surface area contributed by atoms with E-state index in [1.165, 1.54) is 0 Å². The molecule has 8 aromatic rings. The Balaban J connectivity index is 0.00000397. The molecule has 6 heteroatoms. The molecule has 55 heavy (non-hydrogen) atoms. The predicted molar refractivity (Wildman–Crippen MR) is 219 cm³/mol. The van der Waals surface area contributed by atoms with Gasteiger partial charge in [-0.1, -0.05) is 135 Å². The molecule has 2 aliphatic heterocycles. The minimum atomic E-state index is 0. The third-order valence-corrected chi connectivity index (χ3v) is 9.91. The quantitative estimate of drug-likeness (QED) is 0.115. The Morgan fingerprint density at radius 1 is 0.436 bits per heavy atom. The Bertz CT molecular complexity index is 2880. The summed E-state index contributed by atoms with van der Waals surface area (Å²) in [6, 6.07) is 74.9. The van der Waals surface area contributed by atoms with Crippen molar-refractivity contribution in [1.82, 2.24) is 13.7 Å². The minimum absolute atomic E-state index is 0. The molecule has 0 spiro atoms. The van der Waals surface area contributed by atoms with Crippen LogP contribution in [0.3, 0.4) is 0 Å². The van der Waals surface area contributed by atoms with Crippen LogP contribution in [0.15, 0.2) is 176 Å². The van der Waals surface area contributed by atoms with Gasteiger partial charge in [0.15, 0.2) is 7.05 Å². The molecule has 0 amide bonds. The third kappa shape index (κ3) is 6.08. The van der Waals surface area contributed by atoms with Crippen LogP contribution in [-0.4, -0.2) is 23.6 Å². The molecule has 8 aromatic carbocycles. The van der Waals surface area contributed by atoms with Gasteiger partial charge in [-0.05, 0) is 45.4 Å². The summed E-state index contributed by atoms with van der Waals surface area (Å²) in [6.07, 6.45) is 0. The van der Waals surface area contributed by atoms with Gasteiger partial charge in [-0.25, -0.2) is 0 Å². The standard InChI is InChI=1S/C49H32N4O.Pt/c1-50-33-51(46-28-11-10-27-45(46)50)38-20-12-22-40(31-38)54-41-23-13-21-39(32-41)52-34-53(49-44-24-9-8-19-37(44)29-30-47(49)52)48-42(35-15-4-2-5-16-35)25-14-26-43(48)36-17-6-3-7-18-36;/h2-30H,1H3;/q2*+2. The maximum atomic E-state index is 6.47. The van der Waals surface area contributed by atoms with Gasteiger partial charge in [0.2, 0.25) is 5.69 Å². The normalized spacial score (nSPS) is 12.5. The van der Waals surface area contributed by atoms with E-state index in [0.717, 1.165) is 72.8 Å². The molecular formula is C49H32N4OPt+4. The van der Waals surface area contributed by atoms with Crippen LogP contribution in [0.25, 0.3) is 33.0 Å². The van der Waals surface area contributed by atoms with Crippen LogP contribution in [0.5, 0.6) is 11.5 Å². The summed E-state index contributed by atoms with van der Waals surface area (Å²) >= 11 is 0. The zero-order valence-corrected chi connectivity index (χ0v) is 32.0. The fourth-order valence-corrected chi connectivity index (χ4v) is 7.44. The predicted octanol–water partition coefficient (Wildman–Crippen LogP) is 11.7. The number of hydrogen-bond donors (Lipinski definition) is 0. The van der Waals surface area contributed by atoms with Crippen molar-refractivity contribution in [3.8, 4) is 33.8 Å². The van der Waals surface area contributed by atoms with E-state index in [4.69, 9.17) is 4.74 Å². The molecule has 0 N–H and O–H groups in total. The number of nitrogens with zero attached hydrogens (tertiary/aromatic N) is 4. The van der Waals surface area contributed by atoms with Crippen molar-refractivity contribution in [1.29, 1.82) is 0 Å². The third-order valence-electron chi connectivity index (χ3n) is 9.91. The smallest absolute Gasteiger partial charge is 0.509 e. The van der Waals surface area contributed by atoms with E-state index in [0.29, 0.717) is 11.5 Å². The molecule has 0 aromatic heterocycles. The van der Waals surface area contributed by atoms with Gasteiger partial charge in [0.25, 0.3) is 17.1 Å². The van der Waals surface area contributed by atoms with E-state index in [-0.39, 0.29) is 21.1 Å². The van der Waals surface area contributed by atoms with Crippen molar-refractivity contribution >= 4 is 62.6 Å². The van der Waals surface area contributed by atoms with Crippen molar-refractivity contribution in [3.05, 3.63) is 188 Å². The summed E-state index contributed by atoms with van der Waals surface area (Å²) in [5, 5.41) is 2.29. The SMILES string of the molecule is C[N+]1=C=[N+](c2[c-]c(Oc3[c-]c([N+]4=C=[N+](c5c(-c6ccccc6)cccc5-c5ccccc5)c5c4ccc4ccccc54)ccc3)ccc2)c2ccccc21.[Pt+2]. The van der Waals surface area contributed by atoms with Gasteiger partial charge >= 0.3 is 38.8 Å². The fraction of sp³-hybridized carbons (Fsp3) is 0.0204. The largest absolute Gasteiger partial charge is 2.00 e. The molecule has 10 rings (SSSR count). The summed E-state index contributed by atoms with van der Waals surface area (Å²) in [5.74, 6) is 1.16. The first-order valence-corrected chi connectivity index (χ1v) is 17.9. The van der Waals surface area contributed by atoms with Gasteiger partial charge < -0.3 is 4.74 Å². The Labute approximate surface area is 333 Å². The second kappa shape index (κ2) is 14.2. The summed E-state index contributed by atoms with van der Waals surface area (Å²) in [6.45, 7) is 0. The number of para-hydroxylation sites is 3. The zero-order chi connectivity index (χ0) is 36.0. The van der Waals surface area contributed by atoms with Crippen molar-refractivity contribution in [3.63, 3.8) is 0 Å². The molecule has 2 heterocycles. The topological polar surface area (TPSA) is 21.3 Å². The van der Waals surface area contributed by atoms with Crippen molar-refractivity contribution in [2.45, 2.75) is 0 Å². The monoisotopic (exact) mass is 887 g/mol. The maximum absolute atomic E-state index is 6.47. The Hall–Kier alpha value is -6.73. The average Bonchev–Trinajstić information content (AvgIpc) is 3.80. The molecule has 0 aliphatic carbocycles. The summed E-state index contributed by atoms with van der Waals surface area (Å²) in [4.78, 5) is 0. The number of fused-ring (bicyclic) bond motifs is 4. The van der Waals surface area contributed by atoms with Crippen molar-refractivity contribution in [2.24, 2.45) is 0 Å². The summed E-state index contributed by atoms with van der Waals surface area (Å²) in [5.41, 5.74) is 11.4. The molecule has 0 bridgehead atoms. The molecule has 0 atom stereocenters. The summed E-state index contributed by atoms with van der Waals surface area (Å²) in [7, 11) is 2.00. The van der Waals surface area contributed by atoms with E-state index in [1.54, 1.807) is 0 Å². The molecule has 5 nitrogen and oxygen atoms in total. The van der Waals surface area contributed by atoms with Crippen molar-refractivity contribution in [2.75, 3.05) is 7.05 Å². The van der Waals surface area contributed by atoms with Crippen LogP contribution < -0.4 is 18.5 Å². The van der Waals surface area contributed by atoms with Crippen LogP contribution >= 0.6 is 0 Å². The fourth-order valence-electron chi connectivity index (χ4n) is 7.44. The van der Waals surface area contributed by atoms with Gasteiger partial charge in [-0.3, -0.25) is 0 Å². The van der Waals surface area contributed by atoms with Crippen LogP contribution in [-0.2, 0) is 21.1 Å². The summed E-state index contributed by atoms with van der Waals surface area (Å²) < 4.78 is 14.8. The maximum Gasteiger partial charge on any atom is 2.00 e. The molecule has 260 valence electrons. The molecule has 0 radical (unpaired) electrons. The van der Waals surface area contributed by atoms with Gasteiger partial charge in [-0.2, -0.15) is 12.1 Å². The molecule has 0 fully saturated rings. The first-order chi connectivity index (χ1) is 26.7. The number of rotatable bonds is 7. The van der Waals surface area contributed by atoms with Crippen LogP contribution in [0.4, 0.5) is 39.8 Å².